The van der Waals surface area contributed by atoms with Gasteiger partial charge in [0.15, 0.2) is 11.6 Å². The van der Waals surface area contributed by atoms with E-state index in [4.69, 9.17) is 18.9 Å². The fourth-order valence-corrected chi connectivity index (χ4v) is 5.72. The Hall–Kier alpha value is -4.79. The molecule has 0 aliphatic carbocycles. The van der Waals surface area contributed by atoms with Gasteiger partial charge in [0.25, 0.3) is 0 Å². The zero-order valence-electron chi connectivity index (χ0n) is 27.3. The molecule has 0 fully saturated rings. The molecule has 13 heteroatoms. The molecule has 2 amide bonds. The summed E-state index contributed by atoms with van der Waals surface area (Å²) < 4.78 is 37.7. The number of carbonyl (C=O) groups is 2. The Kier molecular flexibility index (Phi) is 13.1. The van der Waals surface area contributed by atoms with Gasteiger partial charge in [0.05, 0.1) is 53.8 Å². The van der Waals surface area contributed by atoms with Gasteiger partial charge in [-0.1, -0.05) is 24.3 Å². The van der Waals surface area contributed by atoms with Crippen molar-refractivity contribution in [2.24, 2.45) is 0 Å². The van der Waals surface area contributed by atoms with Crippen molar-refractivity contribution in [3.8, 4) is 22.1 Å². The molecule has 0 aliphatic heterocycles. The van der Waals surface area contributed by atoms with Gasteiger partial charge < -0.3 is 34.5 Å². The van der Waals surface area contributed by atoms with Crippen LogP contribution in [0.5, 0.6) is 11.5 Å². The summed E-state index contributed by atoms with van der Waals surface area (Å²) in [7, 11) is 3.24. The lowest BCUT2D eigenvalue weighted by molar-refractivity contribution is -0.125. The number of amides is 2. The molecule has 5 aromatic rings. The molecule has 256 valence electrons. The van der Waals surface area contributed by atoms with Crippen molar-refractivity contribution >= 4 is 44.7 Å². The Balaban J connectivity index is 1.13. The van der Waals surface area contributed by atoms with Crippen LogP contribution in [0.2, 0.25) is 0 Å². The minimum Gasteiger partial charge on any atom is -0.453 e. The molecule has 0 spiro atoms. The Labute approximate surface area is 288 Å². The summed E-state index contributed by atoms with van der Waals surface area (Å²) in [5.41, 5.74) is 3.40. The maximum absolute atomic E-state index is 15.1. The topological polar surface area (TPSA) is 124 Å². The van der Waals surface area contributed by atoms with Crippen molar-refractivity contribution in [3.63, 3.8) is 0 Å². The summed E-state index contributed by atoms with van der Waals surface area (Å²) in [4.78, 5) is 36.4. The number of fused-ring (bicyclic) bond motifs is 1. The van der Waals surface area contributed by atoms with Gasteiger partial charge in [-0.3, -0.25) is 19.6 Å². The van der Waals surface area contributed by atoms with E-state index in [1.165, 1.54) is 28.4 Å². The highest BCUT2D eigenvalue weighted by Crippen LogP contribution is 2.39. The van der Waals surface area contributed by atoms with E-state index in [1.54, 1.807) is 50.7 Å². The Bertz CT molecular complexity index is 1820. The number of aromatic nitrogens is 2. The SMILES string of the molecule is COCCOCCOCCNCc1ccc(-c2cc3nccc(Oc4ccc(NC(=O)CC(=O)N(C)c5ccccc5)cc4F)c3s2)nc1. The van der Waals surface area contributed by atoms with Crippen LogP contribution in [-0.4, -0.2) is 75.5 Å². The number of nitrogens with one attached hydrogen (secondary N) is 2. The average Bonchev–Trinajstić information content (AvgIpc) is 3.56. The first-order valence-corrected chi connectivity index (χ1v) is 16.5. The van der Waals surface area contributed by atoms with Crippen LogP contribution in [0.4, 0.5) is 15.8 Å². The van der Waals surface area contributed by atoms with E-state index >= 15 is 4.39 Å². The van der Waals surface area contributed by atoms with Crippen LogP contribution in [0.15, 0.2) is 85.2 Å². The molecule has 5 rings (SSSR count). The van der Waals surface area contributed by atoms with Crippen molar-refractivity contribution in [2.45, 2.75) is 13.0 Å². The summed E-state index contributed by atoms with van der Waals surface area (Å²) in [5.74, 6) is -1.19. The number of para-hydroxylation sites is 1. The van der Waals surface area contributed by atoms with Crippen LogP contribution in [0, 0.1) is 5.82 Å². The van der Waals surface area contributed by atoms with Crippen LogP contribution in [0.3, 0.4) is 0 Å². The molecule has 0 radical (unpaired) electrons. The number of carbonyl (C=O) groups excluding carboxylic acids is 2. The first-order valence-electron chi connectivity index (χ1n) is 15.7. The van der Waals surface area contributed by atoms with Gasteiger partial charge in [-0.25, -0.2) is 4.39 Å². The molecular weight excluding hydrogens is 649 g/mol. The van der Waals surface area contributed by atoms with Crippen LogP contribution in [0.25, 0.3) is 20.8 Å². The molecule has 0 aliphatic rings. The summed E-state index contributed by atoms with van der Waals surface area (Å²) in [6.45, 7) is 4.16. The van der Waals surface area contributed by atoms with E-state index in [0.29, 0.717) is 63.1 Å². The molecule has 0 atom stereocenters. The second-order valence-electron chi connectivity index (χ2n) is 10.8. The molecule has 0 saturated heterocycles. The Morgan fingerprint density at radius 3 is 2.45 bits per heavy atom. The highest BCUT2D eigenvalue weighted by Gasteiger charge is 2.17. The van der Waals surface area contributed by atoms with Gasteiger partial charge in [-0.05, 0) is 42.0 Å². The summed E-state index contributed by atoms with van der Waals surface area (Å²) in [5, 5.41) is 5.92. The third kappa shape index (κ3) is 10.3. The smallest absolute Gasteiger partial charge is 0.236 e. The van der Waals surface area contributed by atoms with Gasteiger partial charge in [0.1, 0.15) is 12.2 Å². The number of halogens is 1. The first kappa shape index (κ1) is 35.5. The molecule has 2 N–H and O–H groups in total. The number of hydrogen-bond acceptors (Lipinski definition) is 10. The van der Waals surface area contributed by atoms with Crippen molar-refractivity contribution in [2.75, 3.05) is 64.0 Å². The molecule has 49 heavy (non-hydrogen) atoms. The van der Waals surface area contributed by atoms with Crippen molar-refractivity contribution < 1.29 is 32.9 Å². The zero-order valence-corrected chi connectivity index (χ0v) is 28.1. The van der Waals surface area contributed by atoms with Crippen molar-refractivity contribution in [1.82, 2.24) is 15.3 Å². The molecular formula is C36H38FN5O6S. The van der Waals surface area contributed by atoms with Gasteiger partial charge in [0.2, 0.25) is 11.8 Å². The summed E-state index contributed by atoms with van der Waals surface area (Å²) >= 11 is 1.45. The van der Waals surface area contributed by atoms with Crippen LogP contribution < -0.4 is 20.3 Å². The fourth-order valence-electron chi connectivity index (χ4n) is 4.67. The normalized spacial score (nSPS) is 11.1. The lowest BCUT2D eigenvalue weighted by atomic mass is 10.2. The number of hydrogen-bond donors (Lipinski definition) is 2. The number of nitrogens with zero attached hydrogens (tertiary/aromatic N) is 3. The van der Waals surface area contributed by atoms with Crippen LogP contribution in [-0.2, 0) is 30.3 Å². The third-order valence-corrected chi connectivity index (χ3v) is 8.44. The van der Waals surface area contributed by atoms with E-state index < -0.39 is 24.1 Å². The lowest BCUT2D eigenvalue weighted by Gasteiger charge is -2.17. The standard InChI is InChI=1S/C36H38FN5O6S/c1-42(27-6-4-3-5-7-27)35(44)22-34(43)41-26-9-11-31(28(37)20-26)48-32-12-13-39-30-21-33(49-36(30)32)29-10-8-25(24-40-29)23-38-14-15-46-18-19-47-17-16-45-2/h3-13,20-21,24,38H,14-19,22-23H2,1-2H3,(H,41,43). The van der Waals surface area contributed by atoms with Gasteiger partial charge in [-0.2, -0.15) is 0 Å². The average molecular weight is 688 g/mol. The summed E-state index contributed by atoms with van der Waals surface area (Å²) in [6, 6.07) is 20.7. The van der Waals surface area contributed by atoms with Gasteiger partial charge in [0, 0.05) is 63.1 Å². The maximum atomic E-state index is 15.1. The van der Waals surface area contributed by atoms with Crippen molar-refractivity contribution in [1.29, 1.82) is 0 Å². The molecule has 0 unspecified atom stereocenters. The highest BCUT2D eigenvalue weighted by molar-refractivity contribution is 7.22. The van der Waals surface area contributed by atoms with Gasteiger partial charge >= 0.3 is 0 Å². The predicted molar refractivity (Wildman–Crippen MR) is 188 cm³/mol. The molecule has 2 aromatic carbocycles. The molecule has 0 bridgehead atoms. The quantitative estimate of drug-likeness (QED) is 0.0837. The largest absolute Gasteiger partial charge is 0.453 e. The molecule has 11 nitrogen and oxygen atoms in total. The van der Waals surface area contributed by atoms with Gasteiger partial charge in [-0.15, -0.1) is 11.3 Å². The van der Waals surface area contributed by atoms with Crippen LogP contribution >= 0.6 is 11.3 Å². The number of methoxy groups -OCH3 is 1. The minimum absolute atomic E-state index is 0.0175. The number of benzene rings is 2. The maximum Gasteiger partial charge on any atom is 0.236 e. The van der Waals surface area contributed by atoms with E-state index in [1.807, 2.05) is 30.5 Å². The monoisotopic (exact) mass is 687 g/mol. The lowest BCUT2D eigenvalue weighted by Crippen LogP contribution is -2.30. The Morgan fingerprint density at radius 1 is 0.898 bits per heavy atom. The number of rotatable bonds is 18. The predicted octanol–water partition coefficient (Wildman–Crippen LogP) is 6.05. The molecule has 3 aromatic heterocycles. The van der Waals surface area contributed by atoms with E-state index in [-0.39, 0.29) is 11.4 Å². The number of pyridine rings is 2. The van der Waals surface area contributed by atoms with Crippen molar-refractivity contribution in [3.05, 3.63) is 96.6 Å². The summed E-state index contributed by atoms with van der Waals surface area (Å²) in [6.07, 6.45) is 3.04. The zero-order chi connectivity index (χ0) is 34.4. The van der Waals surface area contributed by atoms with E-state index in [2.05, 4.69) is 20.6 Å². The highest BCUT2D eigenvalue weighted by atomic mass is 32.1. The number of thiophene rings is 1. The number of anilines is 2. The second-order valence-corrected chi connectivity index (χ2v) is 11.9. The van der Waals surface area contributed by atoms with Crippen LogP contribution in [0.1, 0.15) is 12.0 Å². The minimum atomic E-state index is -0.670. The molecule has 3 heterocycles. The third-order valence-electron chi connectivity index (χ3n) is 7.27. The Morgan fingerprint density at radius 2 is 1.69 bits per heavy atom. The van der Waals surface area contributed by atoms with E-state index in [0.717, 1.165) is 26.9 Å². The fraction of sp³-hybridized carbons (Fsp3) is 0.278. The second kappa shape index (κ2) is 18.1. The first-order chi connectivity index (χ1) is 23.9. The number of ether oxygens (including phenoxy) is 4. The molecule has 0 saturated carbocycles. The van der Waals surface area contributed by atoms with E-state index in [9.17, 15) is 9.59 Å².